The van der Waals surface area contributed by atoms with Gasteiger partial charge < -0.3 is 4.90 Å². The van der Waals surface area contributed by atoms with Gasteiger partial charge in [-0.2, -0.15) is 5.10 Å². The summed E-state index contributed by atoms with van der Waals surface area (Å²) in [6.45, 7) is 7.20. The Morgan fingerprint density at radius 2 is 2.12 bits per heavy atom. The minimum absolute atomic E-state index is 0.663. The third kappa shape index (κ3) is 2.62. The van der Waals surface area contributed by atoms with Crippen LogP contribution in [0, 0.1) is 12.8 Å². The molecule has 4 nitrogen and oxygen atoms in total. The molecule has 0 unspecified atom stereocenters. The fourth-order valence-electron chi connectivity index (χ4n) is 1.81. The number of anilines is 1. The fraction of sp³-hybridized carbons (Fsp3) is 0.667. The first-order valence-electron chi connectivity index (χ1n) is 5.67. The number of aromatic nitrogens is 2. The predicted molar refractivity (Wildman–Crippen MR) is 66.1 cm³/mol. The van der Waals surface area contributed by atoms with Crippen molar-refractivity contribution in [3.05, 3.63) is 11.3 Å². The zero-order chi connectivity index (χ0) is 12.3. The monoisotopic (exact) mass is 223 g/mol. The number of carbonyl (C=O) groups is 1. The number of aldehydes is 1. The average Bonchev–Trinajstić information content (AvgIpc) is 2.49. The summed E-state index contributed by atoms with van der Waals surface area (Å²) < 4.78 is 1.78. The molecule has 0 saturated heterocycles. The van der Waals surface area contributed by atoms with Gasteiger partial charge in [0.2, 0.25) is 0 Å². The van der Waals surface area contributed by atoms with Crippen LogP contribution in [0.2, 0.25) is 0 Å². The molecule has 0 saturated carbocycles. The molecule has 0 atom stereocenters. The lowest BCUT2D eigenvalue weighted by Gasteiger charge is -2.20. The van der Waals surface area contributed by atoms with E-state index in [1.54, 1.807) is 4.68 Å². The molecule has 0 aromatic carbocycles. The molecule has 0 fully saturated rings. The fourth-order valence-corrected chi connectivity index (χ4v) is 1.81. The Morgan fingerprint density at radius 3 is 2.62 bits per heavy atom. The second kappa shape index (κ2) is 5.14. The molecule has 90 valence electrons. The Morgan fingerprint density at radius 1 is 1.50 bits per heavy atom. The molecule has 0 spiro atoms. The van der Waals surface area contributed by atoms with Crippen LogP contribution in [0.3, 0.4) is 0 Å². The molecule has 0 amide bonds. The Bertz CT molecular complexity index is 369. The van der Waals surface area contributed by atoms with E-state index in [0.29, 0.717) is 11.5 Å². The Labute approximate surface area is 97.2 Å². The van der Waals surface area contributed by atoms with E-state index in [0.717, 1.165) is 30.8 Å². The second-order valence-electron chi connectivity index (χ2n) is 4.67. The smallest absolute Gasteiger partial charge is 0.155 e. The maximum atomic E-state index is 11.0. The van der Waals surface area contributed by atoms with Crippen molar-refractivity contribution in [1.82, 2.24) is 9.78 Å². The molecular formula is C12H21N3O. The van der Waals surface area contributed by atoms with E-state index in [-0.39, 0.29) is 0 Å². The zero-order valence-corrected chi connectivity index (χ0v) is 10.8. The van der Waals surface area contributed by atoms with Crippen LogP contribution in [0.5, 0.6) is 0 Å². The van der Waals surface area contributed by atoms with Gasteiger partial charge in [-0.1, -0.05) is 13.8 Å². The lowest BCUT2D eigenvalue weighted by Crippen LogP contribution is -2.23. The van der Waals surface area contributed by atoms with Crippen LogP contribution < -0.4 is 4.90 Å². The summed E-state index contributed by atoms with van der Waals surface area (Å²) in [5.41, 5.74) is 1.50. The van der Waals surface area contributed by atoms with Crippen LogP contribution in [-0.2, 0) is 7.05 Å². The summed E-state index contributed by atoms with van der Waals surface area (Å²) in [7, 11) is 3.88. The molecule has 0 aliphatic carbocycles. The first kappa shape index (κ1) is 12.7. The molecule has 1 rings (SSSR count). The number of carbonyl (C=O) groups excluding carboxylic acids is 1. The van der Waals surface area contributed by atoms with Gasteiger partial charge in [0.15, 0.2) is 6.29 Å². The van der Waals surface area contributed by atoms with Crippen molar-refractivity contribution in [1.29, 1.82) is 0 Å². The SMILES string of the molecule is Cc1nn(C)c(N(C)CCC(C)C)c1C=O. The standard InChI is InChI=1S/C12H21N3O/c1-9(2)6-7-14(4)12-11(8-16)10(3)13-15(12)5/h8-9H,6-7H2,1-5H3. The number of rotatable bonds is 5. The summed E-state index contributed by atoms with van der Waals surface area (Å²) in [6, 6.07) is 0. The van der Waals surface area contributed by atoms with Crippen LogP contribution in [-0.4, -0.2) is 29.7 Å². The Hall–Kier alpha value is -1.32. The molecule has 1 aromatic heterocycles. The van der Waals surface area contributed by atoms with Crippen molar-refractivity contribution in [2.75, 3.05) is 18.5 Å². The van der Waals surface area contributed by atoms with Crippen LogP contribution in [0.1, 0.15) is 36.3 Å². The lowest BCUT2D eigenvalue weighted by molar-refractivity contribution is 0.112. The zero-order valence-electron chi connectivity index (χ0n) is 10.8. The van der Waals surface area contributed by atoms with E-state index >= 15 is 0 Å². The van der Waals surface area contributed by atoms with Crippen LogP contribution >= 0.6 is 0 Å². The first-order chi connectivity index (χ1) is 7.47. The summed E-state index contributed by atoms with van der Waals surface area (Å²) in [5.74, 6) is 1.57. The molecular weight excluding hydrogens is 202 g/mol. The normalized spacial score (nSPS) is 10.9. The molecule has 1 aromatic rings. The second-order valence-corrected chi connectivity index (χ2v) is 4.67. The highest BCUT2D eigenvalue weighted by Crippen LogP contribution is 2.20. The highest BCUT2D eigenvalue weighted by molar-refractivity contribution is 5.84. The topological polar surface area (TPSA) is 38.1 Å². The van der Waals surface area contributed by atoms with Gasteiger partial charge >= 0.3 is 0 Å². The average molecular weight is 223 g/mol. The number of nitrogens with zero attached hydrogens (tertiary/aromatic N) is 3. The van der Waals surface area contributed by atoms with Gasteiger partial charge in [0.1, 0.15) is 5.82 Å². The molecule has 0 radical (unpaired) electrons. The van der Waals surface area contributed by atoms with Crippen molar-refractivity contribution >= 4 is 12.1 Å². The van der Waals surface area contributed by atoms with E-state index in [4.69, 9.17) is 0 Å². The number of hydrogen-bond donors (Lipinski definition) is 0. The summed E-state index contributed by atoms with van der Waals surface area (Å²) in [6.07, 6.45) is 2.00. The van der Waals surface area contributed by atoms with Crippen molar-refractivity contribution in [3.63, 3.8) is 0 Å². The number of hydrogen-bond acceptors (Lipinski definition) is 3. The van der Waals surface area contributed by atoms with Gasteiger partial charge in [0.05, 0.1) is 11.3 Å². The minimum atomic E-state index is 0.663. The highest BCUT2D eigenvalue weighted by atomic mass is 16.1. The van der Waals surface area contributed by atoms with Gasteiger partial charge in [-0.05, 0) is 19.3 Å². The maximum Gasteiger partial charge on any atom is 0.155 e. The predicted octanol–water partition coefficient (Wildman–Crippen LogP) is 2.02. The third-order valence-corrected chi connectivity index (χ3v) is 2.76. The largest absolute Gasteiger partial charge is 0.359 e. The van der Waals surface area contributed by atoms with Crippen molar-refractivity contribution in [3.8, 4) is 0 Å². The molecule has 0 bridgehead atoms. The molecule has 0 aliphatic heterocycles. The minimum Gasteiger partial charge on any atom is -0.359 e. The van der Waals surface area contributed by atoms with Gasteiger partial charge in [0, 0.05) is 20.6 Å². The Kier molecular flexibility index (Phi) is 4.10. The van der Waals surface area contributed by atoms with E-state index in [1.807, 2.05) is 21.0 Å². The number of aryl methyl sites for hydroxylation is 2. The van der Waals surface area contributed by atoms with Gasteiger partial charge in [-0.25, -0.2) is 0 Å². The van der Waals surface area contributed by atoms with E-state index in [2.05, 4.69) is 23.8 Å². The molecule has 1 heterocycles. The quantitative estimate of drug-likeness (QED) is 0.717. The van der Waals surface area contributed by atoms with E-state index in [1.165, 1.54) is 0 Å². The van der Waals surface area contributed by atoms with Gasteiger partial charge in [-0.3, -0.25) is 9.48 Å². The van der Waals surface area contributed by atoms with Crippen LogP contribution in [0.15, 0.2) is 0 Å². The highest BCUT2D eigenvalue weighted by Gasteiger charge is 2.16. The lowest BCUT2D eigenvalue weighted by atomic mass is 10.1. The van der Waals surface area contributed by atoms with Crippen molar-refractivity contribution < 1.29 is 4.79 Å². The van der Waals surface area contributed by atoms with E-state index < -0.39 is 0 Å². The van der Waals surface area contributed by atoms with Gasteiger partial charge in [0.25, 0.3) is 0 Å². The molecule has 0 aliphatic rings. The van der Waals surface area contributed by atoms with Crippen LogP contribution in [0.25, 0.3) is 0 Å². The summed E-state index contributed by atoms with van der Waals surface area (Å²) >= 11 is 0. The van der Waals surface area contributed by atoms with Crippen molar-refractivity contribution in [2.45, 2.75) is 27.2 Å². The molecule has 16 heavy (non-hydrogen) atoms. The summed E-state index contributed by atoms with van der Waals surface area (Å²) in [5, 5.41) is 4.27. The first-order valence-corrected chi connectivity index (χ1v) is 5.67. The van der Waals surface area contributed by atoms with Crippen LogP contribution in [0.4, 0.5) is 5.82 Å². The molecule has 4 heteroatoms. The Balaban J connectivity index is 2.89. The summed E-state index contributed by atoms with van der Waals surface area (Å²) in [4.78, 5) is 13.1. The third-order valence-electron chi connectivity index (χ3n) is 2.76. The maximum absolute atomic E-state index is 11.0. The van der Waals surface area contributed by atoms with Crippen molar-refractivity contribution in [2.24, 2.45) is 13.0 Å². The van der Waals surface area contributed by atoms with Gasteiger partial charge in [-0.15, -0.1) is 0 Å². The molecule has 0 N–H and O–H groups in total. The van der Waals surface area contributed by atoms with E-state index in [9.17, 15) is 4.79 Å².